The lowest BCUT2D eigenvalue weighted by molar-refractivity contribution is -0.305. The zero-order valence-corrected chi connectivity index (χ0v) is 32.7. The molecule has 0 saturated carbocycles. The molecule has 2 rings (SSSR count). The Kier molecular flexibility index (Phi) is 25.7. The maximum absolute atomic E-state index is 12.8. The minimum absolute atomic E-state index is 0.0152. The van der Waals surface area contributed by atoms with E-state index in [0.717, 1.165) is 83.5 Å². The summed E-state index contributed by atoms with van der Waals surface area (Å²) in [7, 11) is 0. The zero-order valence-electron chi connectivity index (χ0n) is 32.7. The average molecular weight is 761 g/mol. The summed E-state index contributed by atoms with van der Waals surface area (Å²) in [6.07, 6.45) is 26.5. The van der Waals surface area contributed by atoms with E-state index in [1.807, 2.05) is 6.08 Å². The fraction of sp³-hybridized carbons (Fsp3) is 0.698. The summed E-state index contributed by atoms with van der Waals surface area (Å²) in [6.45, 7) is 2.99. The van der Waals surface area contributed by atoms with Crippen LogP contribution in [0.3, 0.4) is 0 Å². The summed E-state index contributed by atoms with van der Waals surface area (Å²) in [5, 5.41) is 40.0. The first-order chi connectivity index (χ1) is 26.2. The molecule has 11 nitrogen and oxygen atoms in total. The van der Waals surface area contributed by atoms with Gasteiger partial charge in [-0.15, -0.1) is 0 Å². The van der Waals surface area contributed by atoms with Crippen molar-refractivity contribution in [3.8, 4) is 0 Å². The van der Waals surface area contributed by atoms with Crippen molar-refractivity contribution in [1.82, 2.24) is 0 Å². The molecule has 2 aliphatic rings. The van der Waals surface area contributed by atoms with Crippen LogP contribution in [-0.4, -0.2) is 94.8 Å². The zero-order chi connectivity index (χ0) is 39.4. The topological polar surface area (TPSA) is 169 Å². The number of ketones is 1. The van der Waals surface area contributed by atoms with Crippen molar-refractivity contribution >= 4 is 17.7 Å². The van der Waals surface area contributed by atoms with Crippen molar-refractivity contribution in [3.05, 3.63) is 60.8 Å². The number of hydrogen-bond acceptors (Lipinski definition) is 11. The second-order valence-corrected chi connectivity index (χ2v) is 14.2. The van der Waals surface area contributed by atoms with Crippen molar-refractivity contribution in [1.29, 1.82) is 0 Å². The van der Waals surface area contributed by atoms with E-state index < -0.39 is 55.4 Å². The molecular formula is C43H68O11. The SMILES string of the molecule is CCC=CCC=CCC=CCCCCCCCC(=O)OCC(COC1OC(CO)C(O)C(O)C1O)OC(=O)CCCCCC1C=CC(=O)C1CC=CCC. The maximum Gasteiger partial charge on any atom is 0.306 e. The van der Waals surface area contributed by atoms with Gasteiger partial charge in [-0.05, 0) is 76.2 Å². The largest absolute Gasteiger partial charge is 0.462 e. The van der Waals surface area contributed by atoms with E-state index in [4.69, 9.17) is 18.9 Å². The Morgan fingerprint density at radius 3 is 2.11 bits per heavy atom. The van der Waals surface area contributed by atoms with E-state index in [0.29, 0.717) is 12.8 Å². The lowest BCUT2D eigenvalue weighted by Gasteiger charge is -2.39. The van der Waals surface area contributed by atoms with E-state index in [2.05, 4.69) is 62.5 Å². The highest BCUT2D eigenvalue weighted by Gasteiger charge is 2.44. The quantitative estimate of drug-likeness (QED) is 0.0372. The molecule has 0 aromatic carbocycles. The highest BCUT2D eigenvalue weighted by molar-refractivity contribution is 5.94. The predicted octanol–water partition coefficient (Wildman–Crippen LogP) is 6.53. The Labute approximate surface area is 323 Å². The van der Waals surface area contributed by atoms with Crippen LogP contribution in [0.1, 0.15) is 123 Å². The van der Waals surface area contributed by atoms with Gasteiger partial charge in [0.05, 0.1) is 13.2 Å². The number of aliphatic hydroxyl groups is 4. The van der Waals surface area contributed by atoms with Crippen LogP contribution in [0.5, 0.6) is 0 Å². The number of aliphatic hydroxyl groups excluding tert-OH is 4. The molecule has 8 unspecified atom stereocenters. The minimum atomic E-state index is -1.62. The van der Waals surface area contributed by atoms with Crippen molar-refractivity contribution in [2.45, 2.75) is 160 Å². The molecule has 54 heavy (non-hydrogen) atoms. The second-order valence-electron chi connectivity index (χ2n) is 14.2. The summed E-state index contributed by atoms with van der Waals surface area (Å²) < 4.78 is 22.1. The van der Waals surface area contributed by atoms with Crippen LogP contribution in [0.25, 0.3) is 0 Å². The first kappa shape index (κ1) is 47.2. The summed E-state index contributed by atoms with van der Waals surface area (Å²) >= 11 is 0. The van der Waals surface area contributed by atoms with Crippen LogP contribution < -0.4 is 0 Å². The molecule has 0 bridgehead atoms. The summed E-state index contributed by atoms with van der Waals surface area (Å²) in [5.74, 6) is -0.565. The van der Waals surface area contributed by atoms with Gasteiger partial charge >= 0.3 is 11.9 Å². The van der Waals surface area contributed by atoms with E-state index in [1.165, 1.54) is 0 Å². The third kappa shape index (κ3) is 19.6. The van der Waals surface area contributed by atoms with E-state index in [9.17, 15) is 34.8 Å². The van der Waals surface area contributed by atoms with Crippen LogP contribution in [0.2, 0.25) is 0 Å². The lowest BCUT2D eigenvalue weighted by Crippen LogP contribution is -2.59. The van der Waals surface area contributed by atoms with Gasteiger partial charge in [-0.3, -0.25) is 14.4 Å². The van der Waals surface area contributed by atoms with Gasteiger partial charge in [0, 0.05) is 18.8 Å². The van der Waals surface area contributed by atoms with Crippen LogP contribution in [-0.2, 0) is 33.3 Å². The second kappa shape index (κ2) is 29.4. The molecule has 0 aromatic heterocycles. The highest BCUT2D eigenvalue weighted by Crippen LogP contribution is 2.30. The molecule has 1 aliphatic heterocycles. The van der Waals surface area contributed by atoms with Gasteiger partial charge in [0.1, 0.15) is 31.0 Å². The Morgan fingerprint density at radius 1 is 0.759 bits per heavy atom. The third-order valence-electron chi connectivity index (χ3n) is 9.66. The van der Waals surface area contributed by atoms with Crippen molar-refractivity contribution in [3.63, 3.8) is 0 Å². The van der Waals surface area contributed by atoms with E-state index in [1.54, 1.807) is 6.08 Å². The van der Waals surface area contributed by atoms with Gasteiger partial charge in [-0.1, -0.05) is 101 Å². The number of hydrogen-bond donors (Lipinski definition) is 4. The molecule has 1 fully saturated rings. The maximum atomic E-state index is 12.8. The van der Waals surface area contributed by atoms with Gasteiger partial charge in [-0.2, -0.15) is 0 Å². The van der Waals surface area contributed by atoms with Crippen LogP contribution in [0.15, 0.2) is 60.8 Å². The van der Waals surface area contributed by atoms with Crippen LogP contribution >= 0.6 is 0 Å². The van der Waals surface area contributed by atoms with E-state index in [-0.39, 0.29) is 43.7 Å². The number of carbonyl (C=O) groups is 3. The molecule has 4 N–H and O–H groups in total. The monoisotopic (exact) mass is 760 g/mol. The van der Waals surface area contributed by atoms with Crippen molar-refractivity contribution < 1.29 is 53.8 Å². The Morgan fingerprint density at radius 2 is 1.39 bits per heavy atom. The first-order valence-corrected chi connectivity index (χ1v) is 20.3. The molecule has 0 amide bonds. The Balaban J connectivity index is 1.74. The fourth-order valence-corrected chi connectivity index (χ4v) is 6.43. The number of allylic oxidation sites excluding steroid dienone is 10. The molecule has 0 spiro atoms. The molecule has 1 aliphatic carbocycles. The molecule has 306 valence electrons. The molecule has 1 heterocycles. The molecule has 0 aromatic rings. The van der Waals surface area contributed by atoms with Crippen molar-refractivity contribution in [2.24, 2.45) is 11.8 Å². The van der Waals surface area contributed by atoms with Gasteiger partial charge < -0.3 is 39.4 Å². The fourth-order valence-electron chi connectivity index (χ4n) is 6.43. The number of ether oxygens (including phenoxy) is 4. The Hall–Kier alpha value is -2.93. The standard InChI is InChI=1S/C43H68O11/c1-3-5-7-8-9-10-11-12-13-14-15-16-17-18-22-26-38(46)51-31-34(32-52-43-42(50)41(49)40(48)37(30-44)54-43)53-39(47)27-23-19-21-24-33-28-29-36(45)35(33)25-20-6-4-2/h5-7,9-10,12-13,20,28-29,33-35,37,40-44,48-50H,3-4,8,11,14-19,21-27,30-32H2,1-2H3. The van der Waals surface area contributed by atoms with Gasteiger partial charge in [-0.25, -0.2) is 0 Å². The van der Waals surface area contributed by atoms with E-state index >= 15 is 0 Å². The normalized spacial score (nSPS) is 25.1. The summed E-state index contributed by atoms with van der Waals surface area (Å²) in [4.78, 5) is 37.6. The Bertz CT molecular complexity index is 1190. The molecular weight excluding hydrogens is 692 g/mol. The molecule has 1 saturated heterocycles. The molecule has 11 heteroatoms. The first-order valence-electron chi connectivity index (χ1n) is 20.3. The average Bonchev–Trinajstić information content (AvgIpc) is 3.51. The van der Waals surface area contributed by atoms with Gasteiger partial charge in [0.2, 0.25) is 0 Å². The molecule has 8 atom stereocenters. The summed E-state index contributed by atoms with van der Waals surface area (Å²) in [5.41, 5.74) is 0. The third-order valence-corrected chi connectivity index (χ3v) is 9.66. The minimum Gasteiger partial charge on any atom is -0.462 e. The number of carbonyl (C=O) groups excluding carboxylic acids is 3. The number of rotatable bonds is 29. The van der Waals surface area contributed by atoms with Crippen LogP contribution in [0.4, 0.5) is 0 Å². The lowest BCUT2D eigenvalue weighted by atomic mass is 9.87. The number of unbranched alkanes of at least 4 members (excludes halogenated alkanes) is 7. The molecule has 0 radical (unpaired) electrons. The smallest absolute Gasteiger partial charge is 0.306 e. The summed E-state index contributed by atoms with van der Waals surface area (Å²) in [6, 6.07) is 0. The van der Waals surface area contributed by atoms with Gasteiger partial charge in [0.15, 0.2) is 18.2 Å². The van der Waals surface area contributed by atoms with Crippen LogP contribution in [0, 0.1) is 11.8 Å². The highest BCUT2D eigenvalue weighted by atomic mass is 16.7. The van der Waals surface area contributed by atoms with Gasteiger partial charge in [0.25, 0.3) is 0 Å². The van der Waals surface area contributed by atoms with Crippen molar-refractivity contribution in [2.75, 3.05) is 19.8 Å². The predicted molar refractivity (Wildman–Crippen MR) is 208 cm³/mol. The number of esters is 2.